The van der Waals surface area contributed by atoms with E-state index in [1.54, 1.807) is 0 Å². The van der Waals surface area contributed by atoms with Gasteiger partial charge in [-0.1, -0.05) is 103 Å². The van der Waals surface area contributed by atoms with Crippen LogP contribution in [0.1, 0.15) is 154 Å². The molecule has 1 aliphatic carbocycles. The molecule has 4 nitrogen and oxygen atoms in total. The quantitative estimate of drug-likeness (QED) is 0.323. The van der Waals surface area contributed by atoms with Gasteiger partial charge in [-0.15, -0.1) is 0 Å². The van der Waals surface area contributed by atoms with Gasteiger partial charge >= 0.3 is 0 Å². The second kappa shape index (κ2) is 17.4. The van der Waals surface area contributed by atoms with Gasteiger partial charge < -0.3 is 20.4 Å². The predicted molar refractivity (Wildman–Crippen MR) is 125 cm³/mol. The van der Waals surface area contributed by atoms with Gasteiger partial charge in [-0.2, -0.15) is 0 Å². The Morgan fingerprint density at radius 2 is 0.367 bits per heavy atom. The molecule has 0 radical (unpaired) electrons. The minimum Gasteiger partial charge on any atom is -0.366 e. The molecule has 180 valence electrons. The van der Waals surface area contributed by atoms with Crippen LogP contribution in [-0.4, -0.2) is 32.0 Å². The van der Waals surface area contributed by atoms with Crippen LogP contribution in [0, 0.1) is 0 Å². The average Bonchev–Trinajstić information content (AvgIpc) is 2.69. The minimum absolute atomic E-state index is 0.427. The lowest BCUT2D eigenvalue weighted by atomic mass is 9.97. The van der Waals surface area contributed by atoms with E-state index in [2.05, 4.69) is 0 Å². The molecule has 0 heterocycles. The molecule has 1 rings (SSSR count). The zero-order valence-electron chi connectivity index (χ0n) is 19.8. The molecule has 4 N–H and O–H groups in total. The van der Waals surface area contributed by atoms with Gasteiger partial charge in [0.2, 0.25) is 0 Å². The lowest BCUT2D eigenvalue weighted by molar-refractivity contribution is -0.174. The summed E-state index contributed by atoms with van der Waals surface area (Å²) in [6.07, 6.45) is 25.0. The SMILES string of the molecule is OC1(O)CCCCCCCCCCCCCCCCCCC(O)(O)CCCCCC1. The normalized spacial score (nSPS) is 26.0. The molecule has 4 heteroatoms. The van der Waals surface area contributed by atoms with Crippen LogP contribution in [0.25, 0.3) is 0 Å². The molecular weight excluding hydrogens is 376 g/mol. The summed E-state index contributed by atoms with van der Waals surface area (Å²) in [6, 6.07) is 0. The molecule has 0 aliphatic heterocycles. The van der Waals surface area contributed by atoms with Crippen molar-refractivity contribution in [2.24, 2.45) is 0 Å². The third-order valence-corrected chi connectivity index (χ3v) is 6.81. The summed E-state index contributed by atoms with van der Waals surface area (Å²) in [5.41, 5.74) is 0. The Kier molecular flexibility index (Phi) is 16.2. The maximum atomic E-state index is 10.1. The van der Waals surface area contributed by atoms with Crippen LogP contribution in [0.15, 0.2) is 0 Å². The molecule has 0 aromatic rings. The van der Waals surface area contributed by atoms with Crippen molar-refractivity contribution in [2.75, 3.05) is 0 Å². The highest BCUT2D eigenvalue weighted by Gasteiger charge is 2.23. The second-order valence-electron chi connectivity index (χ2n) is 10.0. The van der Waals surface area contributed by atoms with Crippen LogP contribution in [0.3, 0.4) is 0 Å². The van der Waals surface area contributed by atoms with E-state index < -0.39 is 11.6 Å². The number of hydrogen-bond donors (Lipinski definition) is 4. The highest BCUT2D eigenvalue weighted by molar-refractivity contribution is 4.67. The lowest BCUT2D eigenvalue weighted by Gasteiger charge is -2.23. The molecule has 0 amide bonds. The third-order valence-electron chi connectivity index (χ3n) is 6.81. The first-order valence-electron chi connectivity index (χ1n) is 13.3. The number of aliphatic hydroxyl groups is 4. The Morgan fingerprint density at radius 1 is 0.233 bits per heavy atom. The highest BCUT2D eigenvalue weighted by Crippen LogP contribution is 2.23. The Labute approximate surface area is 186 Å². The average molecular weight is 429 g/mol. The molecule has 1 fully saturated rings. The second-order valence-corrected chi connectivity index (χ2v) is 10.0. The largest absolute Gasteiger partial charge is 0.366 e. The van der Waals surface area contributed by atoms with Gasteiger partial charge in [0.05, 0.1) is 0 Å². The summed E-state index contributed by atoms with van der Waals surface area (Å²) >= 11 is 0. The summed E-state index contributed by atoms with van der Waals surface area (Å²) < 4.78 is 0. The summed E-state index contributed by atoms with van der Waals surface area (Å²) in [5, 5.41) is 40.6. The zero-order valence-corrected chi connectivity index (χ0v) is 19.8. The Balaban J connectivity index is 2.26. The molecule has 1 saturated carbocycles. The summed E-state index contributed by atoms with van der Waals surface area (Å²) in [6.45, 7) is 0. The van der Waals surface area contributed by atoms with Gasteiger partial charge in [0.25, 0.3) is 0 Å². The first kappa shape index (κ1) is 27.9. The van der Waals surface area contributed by atoms with Crippen molar-refractivity contribution in [3.63, 3.8) is 0 Å². The van der Waals surface area contributed by atoms with Crippen molar-refractivity contribution in [1.29, 1.82) is 0 Å². The molecular formula is C26H52O4. The summed E-state index contributed by atoms with van der Waals surface area (Å²) in [4.78, 5) is 0. The third kappa shape index (κ3) is 17.5. The first-order valence-corrected chi connectivity index (χ1v) is 13.3. The van der Waals surface area contributed by atoms with E-state index in [-0.39, 0.29) is 0 Å². The molecule has 0 aromatic heterocycles. The van der Waals surface area contributed by atoms with E-state index in [0.29, 0.717) is 25.7 Å². The van der Waals surface area contributed by atoms with Crippen molar-refractivity contribution in [2.45, 2.75) is 166 Å². The lowest BCUT2D eigenvalue weighted by Crippen LogP contribution is -2.28. The van der Waals surface area contributed by atoms with Crippen molar-refractivity contribution in [3.8, 4) is 0 Å². The van der Waals surface area contributed by atoms with Gasteiger partial charge in [-0.3, -0.25) is 0 Å². The topological polar surface area (TPSA) is 80.9 Å². The molecule has 0 unspecified atom stereocenters. The van der Waals surface area contributed by atoms with Gasteiger partial charge in [0.15, 0.2) is 11.6 Å². The Bertz CT molecular complexity index is 345. The highest BCUT2D eigenvalue weighted by atomic mass is 16.5. The molecule has 0 bridgehead atoms. The molecule has 0 saturated heterocycles. The van der Waals surface area contributed by atoms with Gasteiger partial charge in [0, 0.05) is 25.7 Å². The molecule has 0 spiro atoms. The standard InChI is InChI=1S/C26H52O4/c27-25(28)21-17-13-11-9-7-5-3-1-2-4-6-8-10-12-14-18-22-26(29,30)24-20-16-15-19-23-25/h27-30H,1-24H2. The fourth-order valence-corrected chi connectivity index (χ4v) is 4.71. The fraction of sp³-hybridized carbons (Fsp3) is 1.00. The van der Waals surface area contributed by atoms with Crippen molar-refractivity contribution in [1.82, 2.24) is 0 Å². The predicted octanol–water partition coefficient (Wildman–Crippen LogP) is 6.72. The van der Waals surface area contributed by atoms with Gasteiger partial charge in [0.1, 0.15) is 0 Å². The van der Waals surface area contributed by atoms with Crippen molar-refractivity contribution < 1.29 is 20.4 Å². The van der Waals surface area contributed by atoms with Crippen LogP contribution in [0.2, 0.25) is 0 Å². The van der Waals surface area contributed by atoms with Crippen molar-refractivity contribution >= 4 is 0 Å². The maximum Gasteiger partial charge on any atom is 0.162 e. The fourth-order valence-electron chi connectivity index (χ4n) is 4.71. The molecule has 0 aromatic carbocycles. The van der Waals surface area contributed by atoms with E-state index in [4.69, 9.17) is 0 Å². The van der Waals surface area contributed by atoms with Gasteiger partial charge in [-0.05, 0) is 25.7 Å². The van der Waals surface area contributed by atoms with Crippen LogP contribution in [0.5, 0.6) is 0 Å². The van der Waals surface area contributed by atoms with Crippen LogP contribution in [-0.2, 0) is 0 Å². The number of rotatable bonds is 0. The first-order chi connectivity index (χ1) is 14.4. The molecule has 0 atom stereocenters. The monoisotopic (exact) mass is 428 g/mol. The molecule has 1 aliphatic rings. The Morgan fingerprint density at radius 3 is 0.533 bits per heavy atom. The summed E-state index contributed by atoms with van der Waals surface area (Å²) in [7, 11) is 0. The van der Waals surface area contributed by atoms with E-state index in [1.165, 1.54) is 77.0 Å². The Hall–Kier alpha value is -0.160. The number of hydrogen-bond acceptors (Lipinski definition) is 4. The zero-order chi connectivity index (χ0) is 22.0. The van der Waals surface area contributed by atoms with E-state index >= 15 is 0 Å². The minimum atomic E-state index is -1.53. The van der Waals surface area contributed by atoms with E-state index in [0.717, 1.165) is 51.4 Å². The van der Waals surface area contributed by atoms with E-state index in [1.807, 2.05) is 0 Å². The van der Waals surface area contributed by atoms with Crippen LogP contribution >= 0.6 is 0 Å². The maximum absolute atomic E-state index is 10.1. The molecule has 30 heavy (non-hydrogen) atoms. The smallest absolute Gasteiger partial charge is 0.162 e. The van der Waals surface area contributed by atoms with E-state index in [9.17, 15) is 20.4 Å². The van der Waals surface area contributed by atoms with Crippen LogP contribution < -0.4 is 0 Å². The summed E-state index contributed by atoms with van der Waals surface area (Å²) in [5.74, 6) is -3.05. The van der Waals surface area contributed by atoms with Crippen molar-refractivity contribution in [3.05, 3.63) is 0 Å². The van der Waals surface area contributed by atoms with Gasteiger partial charge in [-0.25, -0.2) is 0 Å². The van der Waals surface area contributed by atoms with Crippen LogP contribution in [0.4, 0.5) is 0 Å².